The molecule has 0 amide bonds. The van der Waals surface area contributed by atoms with Crippen LogP contribution in [0.1, 0.15) is 22.5 Å². The van der Waals surface area contributed by atoms with Gasteiger partial charge in [-0.1, -0.05) is 17.8 Å². The zero-order chi connectivity index (χ0) is 18.7. The van der Waals surface area contributed by atoms with Crippen molar-refractivity contribution in [3.8, 4) is 23.3 Å². The molecular formula is C17H13N7S2. The lowest BCUT2D eigenvalue weighted by Crippen LogP contribution is -2.03. The van der Waals surface area contributed by atoms with Gasteiger partial charge in [0.2, 0.25) is 0 Å². The standard InChI is InChI=1S/C17H13N7S2/c1-9-2-3-10(6-22-9)14-12(4-18)15(20)24-16(13(14)5-19)25-7-11-8-26-17(21)23-11/h2-3,6,8H,7H2,1H3,(H2,20,24)(H2,21,23). The second kappa shape index (κ2) is 7.40. The van der Waals surface area contributed by atoms with Gasteiger partial charge in [-0.05, 0) is 13.0 Å². The maximum Gasteiger partial charge on any atom is 0.180 e. The number of nitriles is 2. The fourth-order valence-electron chi connectivity index (χ4n) is 2.34. The van der Waals surface area contributed by atoms with E-state index in [0.717, 1.165) is 11.4 Å². The SMILES string of the molecule is Cc1ccc(-c2c(C#N)c(N)nc(SCc3csc(N)n3)c2C#N)cn1. The number of aryl methyl sites for hydroxylation is 1. The van der Waals surface area contributed by atoms with E-state index in [9.17, 15) is 10.5 Å². The number of anilines is 2. The van der Waals surface area contributed by atoms with E-state index < -0.39 is 0 Å². The molecule has 128 valence electrons. The Morgan fingerprint density at radius 3 is 2.50 bits per heavy atom. The highest BCUT2D eigenvalue weighted by Crippen LogP contribution is 2.36. The highest BCUT2D eigenvalue weighted by molar-refractivity contribution is 7.98. The summed E-state index contributed by atoms with van der Waals surface area (Å²) in [4.78, 5) is 12.7. The molecular weight excluding hydrogens is 366 g/mol. The second-order valence-electron chi connectivity index (χ2n) is 5.30. The van der Waals surface area contributed by atoms with Crippen molar-refractivity contribution >= 4 is 34.0 Å². The van der Waals surface area contributed by atoms with Crippen molar-refractivity contribution in [2.24, 2.45) is 0 Å². The van der Waals surface area contributed by atoms with Gasteiger partial charge in [0, 0.05) is 34.2 Å². The molecule has 0 unspecified atom stereocenters. The summed E-state index contributed by atoms with van der Waals surface area (Å²) in [5.74, 6) is 0.578. The molecule has 0 saturated heterocycles. The maximum atomic E-state index is 9.72. The number of hydrogen-bond acceptors (Lipinski definition) is 9. The Hall–Kier alpha value is -3.14. The predicted octanol–water partition coefficient (Wildman–Crippen LogP) is 3.11. The molecule has 3 aromatic heterocycles. The molecule has 3 aromatic rings. The Morgan fingerprint density at radius 2 is 1.92 bits per heavy atom. The van der Waals surface area contributed by atoms with Gasteiger partial charge < -0.3 is 11.5 Å². The monoisotopic (exact) mass is 379 g/mol. The van der Waals surface area contributed by atoms with Gasteiger partial charge >= 0.3 is 0 Å². The Balaban J connectivity index is 2.10. The summed E-state index contributed by atoms with van der Waals surface area (Å²) in [6, 6.07) is 7.85. The van der Waals surface area contributed by atoms with Gasteiger partial charge in [-0.25, -0.2) is 9.97 Å². The van der Waals surface area contributed by atoms with Crippen LogP contribution >= 0.6 is 23.1 Å². The minimum Gasteiger partial charge on any atom is -0.383 e. The van der Waals surface area contributed by atoms with E-state index in [1.54, 1.807) is 6.20 Å². The summed E-state index contributed by atoms with van der Waals surface area (Å²) >= 11 is 2.68. The van der Waals surface area contributed by atoms with Crippen LogP contribution in [0.3, 0.4) is 0 Å². The molecule has 0 fully saturated rings. The van der Waals surface area contributed by atoms with Crippen molar-refractivity contribution in [1.82, 2.24) is 15.0 Å². The molecule has 4 N–H and O–H groups in total. The molecule has 0 saturated carbocycles. The summed E-state index contributed by atoms with van der Waals surface area (Å²) in [6.45, 7) is 1.86. The van der Waals surface area contributed by atoms with Crippen LogP contribution in [0.4, 0.5) is 10.9 Å². The largest absolute Gasteiger partial charge is 0.383 e. The van der Waals surface area contributed by atoms with Crippen molar-refractivity contribution in [1.29, 1.82) is 10.5 Å². The molecule has 26 heavy (non-hydrogen) atoms. The minimum absolute atomic E-state index is 0.0855. The third kappa shape index (κ3) is 3.45. The van der Waals surface area contributed by atoms with Crippen LogP contribution in [0.2, 0.25) is 0 Å². The molecule has 3 heterocycles. The van der Waals surface area contributed by atoms with E-state index in [4.69, 9.17) is 11.5 Å². The van der Waals surface area contributed by atoms with Crippen molar-refractivity contribution in [3.05, 3.63) is 46.2 Å². The summed E-state index contributed by atoms with van der Waals surface area (Å²) in [5, 5.41) is 22.0. The van der Waals surface area contributed by atoms with E-state index >= 15 is 0 Å². The maximum absolute atomic E-state index is 9.72. The molecule has 0 aromatic carbocycles. The average molecular weight is 379 g/mol. The molecule has 0 spiro atoms. The number of pyridine rings is 2. The molecule has 0 aliphatic heterocycles. The highest BCUT2D eigenvalue weighted by Gasteiger charge is 2.21. The third-order valence-corrected chi connectivity index (χ3v) is 5.27. The van der Waals surface area contributed by atoms with Crippen LogP contribution in [-0.4, -0.2) is 15.0 Å². The van der Waals surface area contributed by atoms with Crippen LogP contribution in [0.5, 0.6) is 0 Å². The van der Waals surface area contributed by atoms with Gasteiger partial charge in [0.15, 0.2) is 5.13 Å². The van der Waals surface area contributed by atoms with Gasteiger partial charge in [-0.2, -0.15) is 10.5 Å². The highest BCUT2D eigenvalue weighted by atomic mass is 32.2. The molecule has 0 bridgehead atoms. The first-order valence-corrected chi connectivity index (χ1v) is 9.29. The number of thiazole rings is 1. The van der Waals surface area contributed by atoms with Crippen LogP contribution < -0.4 is 11.5 Å². The van der Waals surface area contributed by atoms with Gasteiger partial charge in [0.05, 0.1) is 11.3 Å². The number of nitrogens with two attached hydrogens (primary N) is 2. The molecule has 7 nitrogen and oxygen atoms in total. The Morgan fingerprint density at radius 1 is 1.15 bits per heavy atom. The summed E-state index contributed by atoms with van der Waals surface area (Å²) < 4.78 is 0. The van der Waals surface area contributed by atoms with E-state index in [1.165, 1.54) is 23.1 Å². The molecule has 0 radical (unpaired) electrons. The van der Waals surface area contributed by atoms with Crippen LogP contribution in [0.15, 0.2) is 28.7 Å². The van der Waals surface area contributed by atoms with Crippen LogP contribution in [0.25, 0.3) is 11.1 Å². The van der Waals surface area contributed by atoms with Gasteiger partial charge in [0.25, 0.3) is 0 Å². The number of aromatic nitrogens is 3. The normalized spacial score (nSPS) is 10.3. The summed E-state index contributed by atoms with van der Waals surface area (Å²) in [6.07, 6.45) is 1.63. The molecule has 3 rings (SSSR count). The fraction of sp³-hybridized carbons (Fsp3) is 0.118. The smallest absolute Gasteiger partial charge is 0.180 e. The minimum atomic E-state index is 0.0855. The molecule has 0 atom stereocenters. The Labute approximate surface area is 158 Å². The van der Waals surface area contributed by atoms with E-state index in [1.807, 2.05) is 24.4 Å². The zero-order valence-electron chi connectivity index (χ0n) is 13.7. The van der Waals surface area contributed by atoms with Crippen molar-refractivity contribution in [2.75, 3.05) is 11.5 Å². The Bertz CT molecular complexity index is 1040. The number of nitrogen functional groups attached to an aromatic ring is 2. The predicted molar refractivity (Wildman–Crippen MR) is 102 cm³/mol. The lowest BCUT2D eigenvalue weighted by atomic mass is 9.98. The number of rotatable bonds is 4. The zero-order valence-corrected chi connectivity index (χ0v) is 15.4. The fourth-order valence-corrected chi connectivity index (χ4v) is 3.89. The van der Waals surface area contributed by atoms with Crippen molar-refractivity contribution in [3.63, 3.8) is 0 Å². The number of hydrogen-bond donors (Lipinski definition) is 2. The number of thioether (sulfide) groups is 1. The van der Waals surface area contributed by atoms with Crippen LogP contribution in [-0.2, 0) is 5.75 Å². The summed E-state index contributed by atoms with van der Waals surface area (Å²) in [5.41, 5.74) is 14.8. The van der Waals surface area contributed by atoms with Crippen LogP contribution in [0, 0.1) is 29.6 Å². The second-order valence-corrected chi connectivity index (χ2v) is 7.16. The first-order valence-electron chi connectivity index (χ1n) is 7.43. The van der Waals surface area contributed by atoms with E-state index in [-0.39, 0.29) is 11.4 Å². The van der Waals surface area contributed by atoms with E-state index in [0.29, 0.717) is 32.6 Å². The quantitative estimate of drug-likeness (QED) is 0.659. The lowest BCUT2D eigenvalue weighted by molar-refractivity contribution is 1.10. The lowest BCUT2D eigenvalue weighted by Gasteiger charge is -2.12. The molecule has 0 aliphatic carbocycles. The summed E-state index contributed by atoms with van der Waals surface area (Å²) in [7, 11) is 0. The average Bonchev–Trinajstić information content (AvgIpc) is 3.05. The van der Waals surface area contributed by atoms with Gasteiger partial charge in [-0.3, -0.25) is 4.98 Å². The Kier molecular flexibility index (Phi) is 5.03. The van der Waals surface area contributed by atoms with Crippen molar-refractivity contribution in [2.45, 2.75) is 17.7 Å². The first kappa shape index (κ1) is 17.7. The van der Waals surface area contributed by atoms with Gasteiger partial charge in [-0.15, -0.1) is 11.3 Å². The van der Waals surface area contributed by atoms with Gasteiger partial charge in [0.1, 0.15) is 28.5 Å². The molecule has 0 aliphatic rings. The topological polar surface area (TPSA) is 138 Å². The van der Waals surface area contributed by atoms with Crippen molar-refractivity contribution < 1.29 is 0 Å². The third-order valence-electron chi connectivity index (χ3n) is 3.54. The number of nitrogens with zero attached hydrogens (tertiary/aromatic N) is 5. The van der Waals surface area contributed by atoms with E-state index in [2.05, 4.69) is 27.1 Å². The first-order chi connectivity index (χ1) is 12.5. The molecule has 9 heteroatoms.